The summed E-state index contributed by atoms with van der Waals surface area (Å²) in [6.45, 7) is 4.52. The van der Waals surface area contributed by atoms with E-state index >= 15 is 0 Å². The molecule has 0 spiro atoms. The number of hydrogen-bond donors (Lipinski definition) is 2. The maximum atomic E-state index is 12.3. The van der Waals surface area contributed by atoms with Gasteiger partial charge in [0.1, 0.15) is 0 Å². The number of amides is 1. The van der Waals surface area contributed by atoms with Gasteiger partial charge < -0.3 is 11.1 Å². The van der Waals surface area contributed by atoms with Crippen LogP contribution in [0.2, 0.25) is 0 Å². The van der Waals surface area contributed by atoms with Crippen molar-refractivity contribution in [3.63, 3.8) is 0 Å². The summed E-state index contributed by atoms with van der Waals surface area (Å²) in [6, 6.07) is 1.93. The number of aryl methyl sites for hydroxylation is 1. The maximum absolute atomic E-state index is 12.3. The first-order valence-electron chi connectivity index (χ1n) is 6.47. The highest BCUT2D eigenvalue weighted by Gasteiger charge is 2.42. The quantitative estimate of drug-likeness (QED) is 0.851. The van der Waals surface area contributed by atoms with Crippen molar-refractivity contribution in [2.45, 2.75) is 45.7 Å². The van der Waals surface area contributed by atoms with E-state index in [0.717, 1.165) is 30.4 Å². The van der Waals surface area contributed by atoms with Crippen molar-refractivity contribution in [3.05, 3.63) is 29.6 Å². The molecule has 1 aliphatic rings. The van der Waals surface area contributed by atoms with Crippen molar-refractivity contribution >= 4 is 5.91 Å². The lowest BCUT2D eigenvalue weighted by Gasteiger charge is -2.27. The van der Waals surface area contributed by atoms with Gasteiger partial charge in [0, 0.05) is 25.0 Å². The number of pyridine rings is 1. The molecule has 4 heteroatoms. The number of nitrogens with one attached hydrogen (secondary N) is 1. The van der Waals surface area contributed by atoms with Crippen LogP contribution in [0, 0.1) is 12.3 Å². The largest absolute Gasteiger partial charge is 0.351 e. The van der Waals surface area contributed by atoms with Crippen LogP contribution in [0.3, 0.4) is 0 Å². The van der Waals surface area contributed by atoms with Gasteiger partial charge >= 0.3 is 0 Å². The Balaban J connectivity index is 1.99. The summed E-state index contributed by atoms with van der Waals surface area (Å²) in [5, 5.41) is 2.99. The monoisotopic (exact) mass is 247 g/mol. The molecule has 0 radical (unpaired) electrons. The molecular formula is C14H21N3O. The van der Waals surface area contributed by atoms with Gasteiger partial charge in [-0.1, -0.05) is 6.42 Å². The molecular weight excluding hydrogens is 226 g/mol. The minimum Gasteiger partial charge on any atom is -0.351 e. The Hall–Kier alpha value is -1.42. The van der Waals surface area contributed by atoms with Gasteiger partial charge in [-0.3, -0.25) is 9.78 Å². The van der Waals surface area contributed by atoms with E-state index in [9.17, 15) is 4.79 Å². The summed E-state index contributed by atoms with van der Waals surface area (Å²) >= 11 is 0. The Morgan fingerprint density at radius 2 is 2.44 bits per heavy atom. The van der Waals surface area contributed by atoms with Gasteiger partial charge in [-0.2, -0.15) is 0 Å². The first-order valence-corrected chi connectivity index (χ1v) is 6.47. The van der Waals surface area contributed by atoms with Crippen LogP contribution >= 0.6 is 0 Å². The lowest BCUT2D eigenvalue weighted by Crippen LogP contribution is -2.47. The van der Waals surface area contributed by atoms with Crippen LogP contribution in [0.1, 0.15) is 37.3 Å². The molecule has 1 aliphatic carbocycles. The second-order valence-corrected chi connectivity index (χ2v) is 5.40. The van der Waals surface area contributed by atoms with Gasteiger partial charge in [-0.15, -0.1) is 0 Å². The number of nitrogens with two attached hydrogens (primary N) is 1. The lowest BCUT2D eigenvalue weighted by molar-refractivity contribution is -0.130. The molecule has 1 heterocycles. The average molecular weight is 247 g/mol. The normalized spacial score (nSPS) is 27.2. The van der Waals surface area contributed by atoms with Crippen LogP contribution < -0.4 is 11.1 Å². The lowest BCUT2D eigenvalue weighted by atomic mass is 9.84. The minimum atomic E-state index is -0.407. The highest BCUT2D eigenvalue weighted by atomic mass is 16.2. The Kier molecular flexibility index (Phi) is 3.66. The van der Waals surface area contributed by atoms with Crippen molar-refractivity contribution in [1.29, 1.82) is 0 Å². The highest BCUT2D eigenvalue weighted by molar-refractivity contribution is 5.83. The zero-order valence-electron chi connectivity index (χ0n) is 11.1. The van der Waals surface area contributed by atoms with Gasteiger partial charge in [0.25, 0.3) is 0 Å². The Morgan fingerprint density at radius 1 is 1.67 bits per heavy atom. The smallest absolute Gasteiger partial charge is 0.227 e. The molecule has 1 saturated carbocycles. The van der Waals surface area contributed by atoms with Crippen LogP contribution in [0.4, 0.5) is 0 Å². The van der Waals surface area contributed by atoms with E-state index in [4.69, 9.17) is 5.73 Å². The summed E-state index contributed by atoms with van der Waals surface area (Å²) in [6.07, 6.45) is 6.42. The molecule has 2 rings (SSSR count). The number of carbonyl (C=O) groups is 1. The summed E-state index contributed by atoms with van der Waals surface area (Å²) in [5.41, 5.74) is 7.83. The molecule has 18 heavy (non-hydrogen) atoms. The SMILES string of the molecule is Cc1ccncc1CNC(=O)C1(C)CCCC1N. The molecule has 1 amide bonds. The predicted molar refractivity (Wildman–Crippen MR) is 70.8 cm³/mol. The van der Waals surface area contributed by atoms with Crippen molar-refractivity contribution in [2.75, 3.05) is 0 Å². The number of hydrogen-bond acceptors (Lipinski definition) is 3. The third kappa shape index (κ3) is 2.38. The fourth-order valence-electron chi connectivity index (χ4n) is 2.53. The zero-order valence-corrected chi connectivity index (χ0v) is 11.1. The van der Waals surface area contributed by atoms with Gasteiger partial charge in [-0.05, 0) is 43.9 Å². The number of carbonyl (C=O) groups excluding carboxylic acids is 1. The highest BCUT2D eigenvalue weighted by Crippen LogP contribution is 2.36. The molecule has 0 aliphatic heterocycles. The zero-order chi connectivity index (χ0) is 13.2. The van der Waals surface area contributed by atoms with Gasteiger partial charge in [-0.25, -0.2) is 0 Å². The van der Waals surface area contributed by atoms with Crippen molar-refractivity contribution in [1.82, 2.24) is 10.3 Å². The predicted octanol–water partition coefficient (Wildman–Crippen LogP) is 1.52. The summed E-state index contributed by atoms with van der Waals surface area (Å²) in [7, 11) is 0. The van der Waals surface area contributed by atoms with Crippen molar-refractivity contribution < 1.29 is 4.79 Å². The summed E-state index contributed by atoms with van der Waals surface area (Å²) in [4.78, 5) is 16.3. The summed E-state index contributed by atoms with van der Waals surface area (Å²) < 4.78 is 0. The molecule has 1 fully saturated rings. The van der Waals surface area contributed by atoms with E-state index in [1.165, 1.54) is 0 Å². The first-order chi connectivity index (χ1) is 8.54. The first kappa shape index (κ1) is 13.0. The second-order valence-electron chi connectivity index (χ2n) is 5.40. The number of aromatic nitrogens is 1. The molecule has 3 N–H and O–H groups in total. The third-order valence-electron chi connectivity index (χ3n) is 4.14. The Bertz CT molecular complexity index is 446. The number of nitrogens with zero attached hydrogens (tertiary/aromatic N) is 1. The van der Waals surface area contributed by atoms with Crippen molar-refractivity contribution in [2.24, 2.45) is 11.1 Å². The fourth-order valence-corrected chi connectivity index (χ4v) is 2.53. The Morgan fingerprint density at radius 3 is 3.06 bits per heavy atom. The number of rotatable bonds is 3. The molecule has 98 valence electrons. The average Bonchev–Trinajstić information content (AvgIpc) is 2.69. The van der Waals surface area contributed by atoms with Crippen LogP contribution in [0.25, 0.3) is 0 Å². The topological polar surface area (TPSA) is 68.0 Å². The van der Waals surface area contributed by atoms with E-state index in [2.05, 4.69) is 10.3 Å². The van der Waals surface area contributed by atoms with E-state index in [-0.39, 0.29) is 11.9 Å². The van der Waals surface area contributed by atoms with Gasteiger partial charge in [0.15, 0.2) is 0 Å². The van der Waals surface area contributed by atoms with E-state index in [0.29, 0.717) is 6.54 Å². The van der Waals surface area contributed by atoms with E-state index in [1.54, 1.807) is 12.4 Å². The molecule has 2 unspecified atom stereocenters. The molecule has 1 aromatic rings. The second kappa shape index (κ2) is 5.06. The molecule has 0 bridgehead atoms. The van der Waals surface area contributed by atoms with E-state index in [1.807, 2.05) is 19.9 Å². The molecule has 1 aromatic heterocycles. The molecule has 0 saturated heterocycles. The third-order valence-corrected chi connectivity index (χ3v) is 4.14. The van der Waals surface area contributed by atoms with Crippen LogP contribution in [0.5, 0.6) is 0 Å². The fraction of sp³-hybridized carbons (Fsp3) is 0.571. The molecule has 2 atom stereocenters. The van der Waals surface area contributed by atoms with Gasteiger partial charge in [0.2, 0.25) is 5.91 Å². The van der Waals surface area contributed by atoms with Crippen LogP contribution in [-0.4, -0.2) is 16.9 Å². The van der Waals surface area contributed by atoms with Gasteiger partial charge in [0.05, 0.1) is 5.41 Å². The van der Waals surface area contributed by atoms with Crippen LogP contribution in [0.15, 0.2) is 18.5 Å². The van der Waals surface area contributed by atoms with Crippen molar-refractivity contribution in [3.8, 4) is 0 Å². The molecule has 4 nitrogen and oxygen atoms in total. The maximum Gasteiger partial charge on any atom is 0.227 e. The van der Waals surface area contributed by atoms with Crippen LogP contribution in [-0.2, 0) is 11.3 Å². The molecule has 0 aromatic carbocycles. The Labute approximate surface area is 108 Å². The van der Waals surface area contributed by atoms with E-state index < -0.39 is 5.41 Å². The standard InChI is InChI=1S/C14H21N3O/c1-10-5-7-16-8-11(10)9-17-13(18)14(2)6-3-4-12(14)15/h5,7-8,12H,3-4,6,9,15H2,1-2H3,(H,17,18). The summed E-state index contributed by atoms with van der Waals surface area (Å²) in [5.74, 6) is 0.0655. The minimum absolute atomic E-state index is 0.0208.